The van der Waals surface area contributed by atoms with E-state index >= 15 is 0 Å². The zero-order valence-electron chi connectivity index (χ0n) is 19.5. The van der Waals surface area contributed by atoms with Crippen LogP contribution in [0.2, 0.25) is 0 Å². The Morgan fingerprint density at radius 1 is 1.18 bits per heavy atom. The first kappa shape index (κ1) is 24.7. The van der Waals surface area contributed by atoms with Gasteiger partial charge in [-0.25, -0.2) is 13.2 Å². The number of rotatable bonds is 8. The Bertz CT molecular complexity index is 1210. The molecule has 3 rings (SSSR count). The third kappa shape index (κ3) is 4.45. The van der Waals surface area contributed by atoms with Crippen molar-refractivity contribution in [3.63, 3.8) is 0 Å². The predicted octanol–water partition coefficient (Wildman–Crippen LogP) is 2.47. The Hall–Kier alpha value is -2.98. The number of amides is 1. The van der Waals surface area contributed by atoms with E-state index < -0.39 is 16.0 Å². The summed E-state index contributed by atoms with van der Waals surface area (Å²) in [6.07, 6.45) is 0.395. The van der Waals surface area contributed by atoms with Gasteiger partial charge in [-0.2, -0.15) is 4.31 Å². The molecule has 0 atom stereocenters. The summed E-state index contributed by atoms with van der Waals surface area (Å²) in [4.78, 5) is 42.1. The van der Waals surface area contributed by atoms with Crippen molar-refractivity contribution in [1.82, 2.24) is 9.29 Å². The zero-order chi connectivity index (χ0) is 24.5. The normalized spacial score (nSPS) is 13.3. The number of hydrogen-bond donors (Lipinski definition) is 1. The second kappa shape index (κ2) is 9.48. The van der Waals surface area contributed by atoms with E-state index in [0.717, 1.165) is 5.56 Å². The van der Waals surface area contributed by atoms with Crippen LogP contribution in [0.25, 0.3) is 0 Å². The molecule has 0 aliphatic carbocycles. The molecule has 2 aromatic rings. The lowest BCUT2D eigenvalue weighted by atomic mass is 10.1. The number of aromatic nitrogens is 1. The molecular weight excluding hydrogens is 446 g/mol. The summed E-state index contributed by atoms with van der Waals surface area (Å²) in [5, 5.41) is 0. The van der Waals surface area contributed by atoms with Crippen molar-refractivity contribution in [3.05, 3.63) is 46.3 Å². The van der Waals surface area contributed by atoms with Gasteiger partial charge in [-0.05, 0) is 42.7 Å². The summed E-state index contributed by atoms with van der Waals surface area (Å²) in [7, 11) is -2.35. The van der Waals surface area contributed by atoms with E-state index in [0.29, 0.717) is 43.0 Å². The number of sulfonamides is 1. The number of nitrogens with one attached hydrogen (secondary N) is 1. The number of anilines is 1. The average molecular weight is 476 g/mol. The largest absolute Gasteiger partial charge is 0.465 e. The fraction of sp³-hybridized carbons (Fsp3) is 0.435. The monoisotopic (exact) mass is 475 g/mol. The molecule has 0 saturated carbocycles. The van der Waals surface area contributed by atoms with E-state index in [9.17, 15) is 22.8 Å². The highest BCUT2D eigenvalue weighted by molar-refractivity contribution is 7.89. The molecule has 0 fully saturated rings. The second-order valence-electron chi connectivity index (χ2n) is 7.88. The highest BCUT2D eigenvalue weighted by Crippen LogP contribution is 2.32. The number of carbonyl (C=O) groups is 3. The third-order valence-electron chi connectivity index (χ3n) is 5.99. The molecule has 10 heteroatoms. The van der Waals surface area contributed by atoms with Crippen LogP contribution in [0.3, 0.4) is 0 Å². The number of hydrogen-bond acceptors (Lipinski definition) is 6. The first-order valence-electron chi connectivity index (χ1n) is 10.8. The quantitative estimate of drug-likeness (QED) is 0.463. The Kier molecular flexibility index (Phi) is 7.08. The molecule has 0 saturated heterocycles. The maximum atomic E-state index is 13.2. The number of H-pyrrole nitrogens is 1. The van der Waals surface area contributed by atoms with Crippen molar-refractivity contribution in [3.8, 4) is 0 Å². The van der Waals surface area contributed by atoms with E-state index in [1.807, 2.05) is 0 Å². The number of benzene rings is 1. The highest BCUT2D eigenvalue weighted by atomic mass is 32.2. The molecule has 0 radical (unpaired) electrons. The van der Waals surface area contributed by atoms with Crippen LogP contribution in [-0.4, -0.2) is 62.1 Å². The van der Waals surface area contributed by atoms with Gasteiger partial charge in [-0.15, -0.1) is 0 Å². The molecule has 9 nitrogen and oxygen atoms in total. The fourth-order valence-corrected chi connectivity index (χ4v) is 5.79. The van der Waals surface area contributed by atoms with Gasteiger partial charge in [-0.3, -0.25) is 9.59 Å². The highest BCUT2D eigenvalue weighted by Gasteiger charge is 2.31. The van der Waals surface area contributed by atoms with Gasteiger partial charge in [0.2, 0.25) is 15.9 Å². The standard InChI is InChI=1S/C23H29N3O6S/c1-6-25(7-2)33(30,31)17-8-9-19-16(12-17)10-11-26(19)20(28)13-18-21(23(29)32-5)14(3)22(24-18)15(4)27/h8-9,12,24H,6-7,10-11,13H2,1-5H3. The SMILES string of the molecule is CCN(CC)S(=O)(=O)c1ccc2c(c1)CCN2C(=O)Cc1[nH]c(C(C)=O)c(C)c1C(=O)OC. The third-order valence-corrected chi connectivity index (χ3v) is 8.03. The molecule has 0 bridgehead atoms. The van der Waals surface area contributed by atoms with Crippen LogP contribution in [0, 0.1) is 6.92 Å². The second-order valence-corrected chi connectivity index (χ2v) is 9.82. The molecule has 178 valence electrons. The summed E-state index contributed by atoms with van der Waals surface area (Å²) in [5.74, 6) is -1.13. The van der Waals surface area contributed by atoms with Crippen LogP contribution in [0.5, 0.6) is 0 Å². The Labute approximate surface area is 193 Å². The number of ether oxygens (including phenoxy) is 1. The van der Waals surface area contributed by atoms with Crippen LogP contribution in [0.15, 0.2) is 23.1 Å². The summed E-state index contributed by atoms with van der Waals surface area (Å²) >= 11 is 0. The van der Waals surface area contributed by atoms with Crippen molar-refractivity contribution in [1.29, 1.82) is 0 Å². The molecule has 0 unspecified atom stereocenters. The predicted molar refractivity (Wildman–Crippen MR) is 123 cm³/mol. The minimum absolute atomic E-state index is 0.127. The first-order valence-corrected chi connectivity index (χ1v) is 12.2. The smallest absolute Gasteiger partial charge is 0.339 e. The summed E-state index contributed by atoms with van der Waals surface area (Å²) < 4.78 is 31.9. The van der Waals surface area contributed by atoms with Gasteiger partial charge in [-0.1, -0.05) is 13.8 Å². The molecule has 1 aromatic heterocycles. The van der Waals surface area contributed by atoms with Crippen LogP contribution >= 0.6 is 0 Å². The molecule has 1 amide bonds. The van der Waals surface area contributed by atoms with Gasteiger partial charge in [0.1, 0.15) is 0 Å². The lowest BCUT2D eigenvalue weighted by molar-refractivity contribution is -0.117. The van der Waals surface area contributed by atoms with Crippen molar-refractivity contribution < 1.29 is 27.5 Å². The van der Waals surface area contributed by atoms with E-state index in [1.54, 1.807) is 37.8 Å². The average Bonchev–Trinajstić information content (AvgIpc) is 3.34. The van der Waals surface area contributed by atoms with Crippen LogP contribution in [0.4, 0.5) is 5.69 Å². The minimum atomic E-state index is -3.60. The molecular formula is C23H29N3O6S. The number of aromatic amines is 1. The van der Waals surface area contributed by atoms with E-state index in [-0.39, 0.29) is 34.3 Å². The molecule has 0 spiro atoms. The lowest BCUT2D eigenvalue weighted by Crippen LogP contribution is -2.31. The fourth-order valence-electron chi connectivity index (χ4n) is 4.28. The maximum absolute atomic E-state index is 13.2. The van der Waals surface area contributed by atoms with E-state index in [1.165, 1.54) is 24.4 Å². The molecule has 33 heavy (non-hydrogen) atoms. The number of fused-ring (bicyclic) bond motifs is 1. The first-order chi connectivity index (χ1) is 15.6. The number of ketones is 1. The maximum Gasteiger partial charge on any atom is 0.339 e. The zero-order valence-corrected chi connectivity index (χ0v) is 20.3. The Morgan fingerprint density at radius 3 is 2.42 bits per heavy atom. The van der Waals surface area contributed by atoms with Gasteiger partial charge < -0.3 is 14.6 Å². The van der Waals surface area contributed by atoms with Crippen LogP contribution in [0.1, 0.15) is 58.4 Å². The minimum Gasteiger partial charge on any atom is -0.465 e. The van der Waals surface area contributed by atoms with Crippen molar-refractivity contribution in [2.24, 2.45) is 0 Å². The Balaban J connectivity index is 1.90. The summed E-state index contributed by atoms with van der Waals surface area (Å²) in [5.41, 5.74) is 2.65. The summed E-state index contributed by atoms with van der Waals surface area (Å²) in [6.45, 7) is 7.74. The van der Waals surface area contributed by atoms with E-state index in [4.69, 9.17) is 4.74 Å². The number of Topliss-reactive ketones (excluding diaryl/α,β-unsaturated/α-hetero) is 1. The van der Waals surface area contributed by atoms with Gasteiger partial charge >= 0.3 is 5.97 Å². The number of esters is 1. The van der Waals surface area contributed by atoms with Crippen molar-refractivity contribution in [2.75, 3.05) is 31.6 Å². The summed E-state index contributed by atoms with van der Waals surface area (Å²) in [6, 6.07) is 4.80. The van der Waals surface area contributed by atoms with Gasteiger partial charge in [0.05, 0.1) is 29.7 Å². The lowest BCUT2D eigenvalue weighted by Gasteiger charge is -2.20. The van der Waals surface area contributed by atoms with Crippen LogP contribution < -0.4 is 4.90 Å². The molecule has 1 aromatic carbocycles. The number of methoxy groups -OCH3 is 1. The van der Waals surface area contributed by atoms with Crippen LogP contribution in [-0.2, 0) is 32.4 Å². The van der Waals surface area contributed by atoms with Crippen molar-refractivity contribution >= 4 is 33.4 Å². The topological polar surface area (TPSA) is 117 Å². The van der Waals surface area contributed by atoms with E-state index in [2.05, 4.69) is 4.98 Å². The van der Waals surface area contributed by atoms with Gasteiger partial charge in [0.25, 0.3) is 0 Å². The van der Waals surface area contributed by atoms with Gasteiger partial charge in [0.15, 0.2) is 5.78 Å². The molecule has 2 heterocycles. The number of carbonyl (C=O) groups excluding carboxylic acids is 3. The van der Waals surface area contributed by atoms with Gasteiger partial charge in [0, 0.05) is 37.9 Å². The molecule has 1 aliphatic rings. The Morgan fingerprint density at radius 2 is 1.85 bits per heavy atom. The van der Waals surface area contributed by atoms with Crippen molar-refractivity contribution in [2.45, 2.75) is 45.4 Å². The molecule has 1 N–H and O–H groups in total. The number of nitrogens with zero attached hydrogens (tertiary/aromatic N) is 2. The molecule has 1 aliphatic heterocycles.